The van der Waals surface area contributed by atoms with E-state index in [1.165, 1.54) is 0 Å². The number of ether oxygens (including phenoxy) is 2. The molecule has 0 fully saturated rings. The van der Waals surface area contributed by atoms with E-state index in [9.17, 15) is 9.90 Å². The van der Waals surface area contributed by atoms with Gasteiger partial charge in [-0.3, -0.25) is 9.89 Å². The summed E-state index contributed by atoms with van der Waals surface area (Å²) in [6.07, 6.45) is 4.06. The minimum Gasteiger partial charge on any atom is -0.492 e. The number of H-pyrrole nitrogens is 1. The second-order valence-corrected chi connectivity index (χ2v) is 7.44. The van der Waals surface area contributed by atoms with Crippen LogP contribution in [0.5, 0.6) is 5.75 Å². The maximum Gasteiger partial charge on any atom is 0.237 e. The maximum absolute atomic E-state index is 12.5. The maximum atomic E-state index is 12.5. The zero-order valence-corrected chi connectivity index (χ0v) is 17.1. The first kappa shape index (κ1) is 21.0. The molecule has 0 spiro atoms. The summed E-state index contributed by atoms with van der Waals surface area (Å²) in [5.41, 5.74) is 2.93. The monoisotopic (exact) mass is 422 g/mol. The fraction of sp³-hybridized carbons (Fsp3) is 0.304. The summed E-state index contributed by atoms with van der Waals surface area (Å²) < 4.78 is 11.6. The SMILES string of the molecule is C=C1C=CC2=C(C1OCC(O)CNCCOc1ccccc1)C(c1ccn[nH]1)C(=O)N2. The van der Waals surface area contributed by atoms with Gasteiger partial charge in [-0.15, -0.1) is 0 Å². The van der Waals surface area contributed by atoms with E-state index >= 15 is 0 Å². The van der Waals surface area contributed by atoms with E-state index in [1.807, 2.05) is 42.5 Å². The molecule has 0 bridgehead atoms. The number of hydrogen-bond acceptors (Lipinski definition) is 6. The highest BCUT2D eigenvalue weighted by atomic mass is 16.5. The largest absolute Gasteiger partial charge is 0.492 e. The lowest BCUT2D eigenvalue weighted by Crippen LogP contribution is -2.35. The summed E-state index contributed by atoms with van der Waals surface area (Å²) in [7, 11) is 0. The highest BCUT2D eigenvalue weighted by Gasteiger charge is 2.41. The van der Waals surface area contributed by atoms with Gasteiger partial charge in [-0.2, -0.15) is 5.10 Å². The van der Waals surface area contributed by atoms with Gasteiger partial charge in [0.25, 0.3) is 0 Å². The van der Waals surface area contributed by atoms with Crippen molar-refractivity contribution in [3.05, 3.63) is 83.9 Å². The zero-order valence-electron chi connectivity index (χ0n) is 17.1. The van der Waals surface area contributed by atoms with Crippen LogP contribution in [0.4, 0.5) is 0 Å². The van der Waals surface area contributed by atoms with Crippen molar-refractivity contribution in [3.8, 4) is 5.75 Å². The average molecular weight is 422 g/mol. The molecule has 2 aromatic rings. The van der Waals surface area contributed by atoms with E-state index in [0.29, 0.717) is 31.1 Å². The molecule has 2 aliphatic rings. The zero-order chi connectivity index (χ0) is 21.6. The fourth-order valence-electron chi connectivity index (χ4n) is 3.71. The van der Waals surface area contributed by atoms with Gasteiger partial charge in [-0.25, -0.2) is 0 Å². The summed E-state index contributed by atoms with van der Waals surface area (Å²) in [4.78, 5) is 12.5. The van der Waals surface area contributed by atoms with Crippen LogP contribution in [-0.2, 0) is 9.53 Å². The molecule has 0 radical (unpaired) electrons. The number of carbonyl (C=O) groups is 1. The van der Waals surface area contributed by atoms with Gasteiger partial charge in [0.2, 0.25) is 5.91 Å². The molecule has 2 heterocycles. The third-order valence-electron chi connectivity index (χ3n) is 5.18. The van der Waals surface area contributed by atoms with Crippen LogP contribution in [0.1, 0.15) is 11.6 Å². The average Bonchev–Trinajstić information content (AvgIpc) is 3.40. The molecule has 1 aliphatic carbocycles. The summed E-state index contributed by atoms with van der Waals surface area (Å²) in [5.74, 6) is 0.158. The van der Waals surface area contributed by atoms with Crippen LogP contribution in [0, 0.1) is 0 Å². The summed E-state index contributed by atoms with van der Waals surface area (Å²) in [6.45, 7) is 5.62. The molecular formula is C23H26N4O4. The number of aromatic amines is 1. The Kier molecular flexibility index (Phi) is 6.61. The number of benzene rings is 1. The number of aliphatic hydroxyl groups is 1. The van der Waals surface area contributed by atoms with Crippen LogP contribution in [0.2, 0.25) is 0 Å². The van der Waals surface area contributed by atoms with Gasteiger partial charge in [-0.1, -0.05) is 30.9 Å². The van der Waals surface area contributed by atoms with Gasteiger partial charge < -0.3 is 25.2 Å². The lowest BCUT2D eigenvalue weighted by atomic mass is 9.86. The van der Waals surface area contributed by atoms with Crippen molar-refractivity contribution < 1.29 is 19.4 Å². The molecule has 0 saturated heterocycles. The normalized spacial score (nSPS) is 21.2. The van der Waals surface area contributed by atoms with Crippen molar-refractivity contribution in [2.75, 3.05) is 26.3 Å². The lowest BCUT2D eigenvalue weighted by molar-refractivity contribution is -0.120. The second-order valence-electron chi connectivity index (χ2n) is 7.44. The Morgan fingerprint density at radius 3 is 2.84 bits per heavy atom. The molecule has 8 heteroatoms. The highest BCUT2D eigenvalue weighted by Crippen LogP contribution is 2.39. The van der Waals surface area contributed by atoms with Crippen molar-refractivity contribution in [1.29, 1.82) is 0 Å². The van der Waals surface area contributed by atoms with E-state index in [4.69, 9.17) is 9.47 Å². The smallest absolute Gasteiger partial charge is 0.237 e. The van der Waals surface area contributed by atoms with Crippen molar-refractivity contribution in [3.63, 3.8) is 0 Å². The first-order valence-corrected chi connectivity index (χ1v) is 10.2. The van der Waals surface area contributed by atoms with Gasteiger partial charge in [0, 0.05) is 30.6 Å². The molecule has 1 aromatic carbocycles. The van der Waals surface area contributed by atoms with Crippen LogP contribution in [0.25, 0.3) is 0 Å². The molecule has 31 heavy (non-hydrogen) atoms. The Labute approximate surface area is 180 Å². The molecule has 0 saturated carbocycles. The van der Waals surface area contributed by atoms with E-state index in [0.717, 1.165) is 16.9 Å². The number of aliphatic hydroxyl groups excluding tert-OH is 1. The van der Waals surface area contributed by atoms with E-state index in [1.54, 1.807) is 12.3 Å². The Balaban J connectivity index is 1.27. The topological polar surface area (TPSA) is 108 Å². The number of amides is 1. The predicted octanol–water partition coefficient (Wildman–Crippen LogP) is 1.42. The Morgan fingerprint density at radius 1 is 1.23 bits per heavy atom. The van der Waals surface area contributed by atoms with Crippen molar-refractivity contribution in [2.45, 2.75) is 18.1 Å². The molecule has 1 aromatic heterocycles. The van der Waals surface area contributed by atoms with Gasteiger partial charge in [-0.05, 0) is 29.8 Å². The first-order valence-electron chi connectivity index (χ1n) is 10.2. The number of carbonyl (C=O) groups excluding carboxylic acids is 1. The van der Waals surface area contributed by atoms with Crippen molar-refractivity contribution in [1.82, 2.24) is 20.8 Å². The van der Waals surface area contributed by atoms with Crippen molar-refractivity contribution >= 4 is 5.91 Å². The van der Waals surface area contributed by atoms with E-state index in [2.05, 4.69) is 27.4 Å². The molecule has 1 amide bonds. The Hall–Kier alpha value is -3.20. The van der Waals surface area contributed by atoms with Gasteiger partial charge in [0.05, 0.1) is 18.4 Å². The minimum absolute atomic E-state index is 0.102. The van der Waals surface area contributed by atoms with Crippen LogP contribution in [0.3, 0.4) is 0 Å². The third-order valence-corrected chi connectivity index (χ3v) is 5.18. The molecule has 4 rings (SSSR count). The number of nitrogens with zero attached hydrogens (tertiary/aromatic N) is 1. The molecule has 3 atom stereocenters. The lowest BCUT2D eigenvalue weighted by Gasteiger charge is -2.27. The quantitative estimate of drug-likeness (QED) is 0.431. The molecular weight excluding hydrogens is 396 g/mol. The van der Waals surface area contributed by atoms with E-state index < -0.39 is 18.1 Å². The molecule has 162 valence electrons. The van der Waals surface area contributed by atoms with Crippen LogP contribution in [-0.4, -0.2) is 59.7 Å². The molecule has 4 N–H and O–H groups in total. The number of aromatic nitrogens is 2. The number of nitrogens with one attached hydrogen (secondary N) is 3. The Morgan fingerprint density at radius 2 is 2.06 bits per heavy atom. The third kappa shape index (κ3) is 4.93. The molecule has 3 unspecified atom stereocenters. The Bertz CT molecular complexity index is 969. The van der Waals surface area contributed by atoms with Gasteiger partial charge in [0.1, 0.15) is 24.4 Å². The van der Waals surface area contributed by atoms with Gasteiger partial charge in [0.15, 0.2) is 0 Å². The van der Waals surface area contributed by atoms with E-state index in [-0.39, 0.29) is 12.5 Å². The van der Waals surface area contributed by atoms with Crippen LogP contribution >= 0.6 is 0 Å². The fourth-order valence-corrected chi connectivity index (χ4v) is 3.71. The second kappa shape index (κ2) is 9.74. The summed E-state index contributed by atoms with van der Waals surface area (Å²) in [5, 5.41) is 23.2. The number of para-hydroxylation sites is 1. The number of rotatable bonds is 10. The predicted molar refractivity (Wildman–Crippen MR) is 115 cm³/mol. The van der Waals surface area contributed by atoms with Crippen LogP contribution in [0.15, 0.2) is 78.2 Å². The van der Waals surface area contributed by atoms with Crippen LogP contribution < -0.4 is 15.4 Å². The first-order chi connectivity index (χ1) is 15.1. The standard InChI is InChI=1S/C23H26N4O4/c1-15-7-8-18-20(21(23(29)26-18)19-9-10-25-27-19)22(15)31-14-16(28)13-24-11-12-30-17-5-3-2-4-6-17/h2-10,16,21-22,24,28H,1,11-14H2,(H,25,27)(H,26,29). The summed E-state index contributed by atoms with van der Waals surface area (Å²) in [6, 6.07) is 11.3. The number of allylic oxidation sites excluding steroid dienone is 1. The number of hydrogen-bond donors (Lipinski definition) is 4. The molecule has 1 aliphatic heterocycles. The molecule has 8 nitrogen and oxygen atoms in total. The van der Waals surface area contributed by atoms with Gasteiger partial charge >= 0.3 is 0 Å². The summed E-state index contributed by atoms with van der Waals surface area (Å²) >= 11 is 0. The highest BCUT2D eigenvalue weighted by molar-refractivity contribution is 5.93. The minimum atomic E-state index is -0.713. The van der Waals surface area contributed by atoms with Crippen molar-refractivity contribution in [2.24, 2.45) is 0 Å².